The number of benzene rings is 1. The van der Waals surface area contributed by atoms with Crippen molar-refractivity contribution in [2.75, 3.05) is 18.0 Å². The Morgan fingerprint density at radius 3 is 2.84 bits per heavy atom. The fraction of sp³-hybridized carbons (Fsp3) is 0.421. The monoisotopic (exact) mass is 346 g/mol. The van der Waals surface area contributed by atoms with Crippen LogP contribution in [0.1, 0.15) is 40.3 Å². The first-order valence-electron chi connectivity index (χ1n) is 8.50. The number of aliphatic hydroxyl groups excluding tert-OH is 1. The van der Waals surface area contributed by atoms with Gasteiger partial charge in [0.25, 0.3) is 5.91 Å². The Kier molecular flexibility index (Phi) is 5.08. The highest BCUT2D eigenvalue weighted by Crippen LogP contribution is 2.25. The van der Waals surface area contributed by atoms with Crippen LogP contribution in [0.25, 0.3) is 0 Å². The Morgan fingerprint density at radius 2 is 2.16 bits per heavy atom. The molecule has 2 aromatic rings. The molecule has 1 aliphatic rings. The van der Waals surface area contributed by atoms with Crippen LogP contribution < -0.4 is 10.2 Å². The minimum Gasteiger partial charge on any atom is -0.453 e. The number of aryl methyl sites for hydroxylation is 2. The number of halogens is 1. The van der Waals surface area contributed by atoms with Gasteiger partial charge in [-0.15, -0.1) is 0 Å². The summed E-state index contributed by atoms with van der Waals surface area (Å²) in [5.41, 5.74) is 2.60. The van der Waals surface area contributed by atoms with E-state index in [9.17, 15) is 9.18 Å². The van der Waals surface area contributed by atoms with Gasteiger partial charge in [0.15, 0.2) is 5.76 Å². The predicted octanol–water partition coefficient (Wildman–Crippen LogP) is 2.93. The number of piperidine rings is 1. The molecule has 0 bridgehead atoms. The second-order valence-corrected chi connectivity index (χ2v) is 6.57. The quantitative estimate of drug-likeness (QED) is 0.893. The summed E-state index contributed by atoms with van der Waals surface area (Å²) in [4.78, 5) is 14.6. The van der Waals surface area contributed by atoms with Crippen LogP contribution in [0.2, 0.25) is 0 Å². The molecule has 0 radical (unpaired) electrons. The van der Waals surface area contributed by atoms with Crippen molar-refractivity contribution in [1.82, 2.24) is 5.32 Å². The summed E-state index contributed by atoms with van der Waals surface area (Å²) in [6.45, 7) is 5.00. The van der Waals surface area contributed by atoms with E-state index in [1.807, 2.05) is 6.92 Å². The third-order valence-corrected chi connectivity index (χ3v) is 4.59. The highest BCUT2D eigenvalue weighted by molar-refractivity contribution is 5.93. The lowest BCUT2D eigenvalue weighted by Crippen LogP contribution is -2.48. The molecule has 6 heteroatoms. The van der Waals surface area contributed by atoms with Gasteiger partial charge in [-0.3, -0.25) is 4.79 Å². The van der Waals surface area contributed by atoms with E-state index in [1.54, 1.807) is 19.1 Å². The molecule has 25 heavy (non-hydrogen) atoms. The van der Waals surface area contributed by atoms with Gasteiger partial charge in [0.05, 0.1) is 0 Å². The third-order valence-electron chi connectivity index (χ3n) is 4.59. The lowest BCUT2D eigenvalue weighted by Gasteiger charge is -2.35. The van der Waals surface area contributed by atoms with Gasteiger partial charge in [-0.1, -0.05) is 0 Å². The first-order chi connectivity index (χ1) is 12.0. The summed E-state index contributed by atoms with van der Waals surface area (Å²) in [7, 11) is 0. The van der Waals surface area contributed by atoms with Crippen molar-refractivity contribution >= 4 is 11.6 Å². The molecule has 1 fully saturated rings. The van der Waals surface area contributed by atoms with E-state index in [2.05, 4.69) is 10.2 Å². The average molecular weight is 346 g/mol. The first kappa shape index (κ1) is 17.5. The smallest absolute Gasteiger partial charge is 0.287 e. The van der Waals surface area contributed by atoms with Crippen molar-refractivity contribution in [2.45, 2.75) is 39.3 Å². The van der Waals surface area contributed by atoms with Crippen LogP contribution in [-0.4, -0.2) is 30.1 Å². The number of carbonyl (C=O) groups is 1. The van der Waals surface area contributed by atoms with Crippen LogP contribution in [0.5, 0.6) is 0 Å². The number of anilines is 1. The molecule has 0 spiro atoms. The van der Waals surface area contributed by atoms with E-state index in [-0.39, 0.29) is 30.1 Å². The molecule has 2 heterocycles. The number of hydrogen-bond donors (Lipinski definition) is 2. The highest BCUT2D eigenvalue weighted by Gasteiger charge is 2.25. The molecule has 0 saturated carbocycles. The number of nitrogens with one attached hydrogen (secondary N) is 1. The number of rotatable bonds is 4. The summed E-state index contributed by atoms with van der Waals surface area (Å²) < 4.78 is 18.7. The number of amides is 1. The molecule has 1 aliphatic heterocycles. The van der Waals surface area contributed by atoms with Gasteiger partial charge < -0.3 is 19.7 Å². The zero-order valence-corrected chi connectivity index (χ0v) is 14.5. The van der Waals surface area contributed by atoms with E-state index in [4.69, 9.17) is 9.52 Å². The summed E-state index contributed by atoms with van der Waals surface area (Å²) in [5.74, 6) is 0.130. The van der Waals surface area contributed by atoms with E-state index in [1.165, 1.54) is 12.1 Å². The third kappa shape index (κ3) is 3.85. The van der Waals surface area contributed by atoms with Gasteiger partial charge in [0, 0.05) is 30.4 Å². The maximum Gasteiger partial charge on any atom is 0.287 e. The number of furan rings is 1. The Hall–Kier alpha value is -2.34. The largest absolute Gasteiger partial charge is 0.453 e. The molecule has 0 aliphatic carbocycles. The molecule has 1 amide bonds. The summed E-state index contributed by atoms with van der Waals surface area (Å²) in [6, 6.07) is 6.45. The van der Waals surface area contributed by atoms with Gasteiger partial charge in [-0.25, -0.2) is 4.39 Å². The van der Waals surface area contributed by atoms with Gasteiger partial charge in [-0.2, -0.15) is 0 Å². The lowest BCUT2D eigenvalue weighted by atomic mass is 10.0. The summed E-state index contributed by atoms with van der Waals surface area (Å²) >= 11 is 0. The molecule has 1 atom stereocenters. The van der Waals surface area contributed by atoms with Crippen molar-refractivity contribution < 1.29 is 18.7 Å². The molecule has 3 rings (SSSR count). The summed E-state index contributed by atoms with van der Waals surface area (Å²) in [5, 5.41) is 12.1. The molecular weight excluding hydrogens is 323 g/mol. The Labute approximate surface area is 146 Å². The first-order valence-corrected chi connectivity index (χ1v) is 8.50. The Balaban J connectivity index is 1.69. The Bertz CT molecular complexity index is 772. The van der Waals surface area contributed by atoms with Crippen molar-refractivity contribution in [3.63, 3.8) is 0 Å². The van der Waals surface area contributed by atoms with E-state index in [0.717, 1.165) is 30.6 Å². The van der Waals surface area contributed by atoms with Gasteiger partial charge in [0.2, 0.25) is 0 Å². The highest BCUT2D eigenvalue weighted by atomic mass is 19.1. The van der Waals surface area contributed by atoms with E-state index < -0.39 is 0 Å². The normalized spacial score (nSPS) is 17.6. The summed E-state index contributed by atoms with van der Waals surface area (Å²) in [6.07, 6.45) is 1.83. The van der Waals surface area contributed by atoms with Crippen molar-refractivity contribution in [3.05, 3.63) is 52.7 Å². The molecule has 1 saturated heterocycles. The fourth-order valence-electron chi connectivity index (χ4n) is 3.39. The van der Waals surface area contributed by atoms with Crippen LogP contribution in [-0.2, 0) is 6.61 Å². The van der Waals surface area contributed by atoms with Crippen LogP contribution in [0.15, 0.2) is 28.7 Å². The maximum absolute atomic E-state index is 13.3. The molecule has 134 valence electrons. The van der Waals surface area contributed by atoms with Gasteiger partial charge >= 0.3 is 0 Å². The Morgan fingerprint density at radius 1 is 1.36 bits per heavy atom. The van der Waals surface area contributed by atoms with Gasteiger partial charge in [0.1, 0.15) is 18.2 Å². The van der Waals surface area contributed by atoms with E-state index in [0.29, 0.717) is 17.9 Å². The SMILES string of the molecule is Cc1cc(F)ccc1N1CCC[C@H](NC(=O)c2oc(CO)cc2C)C1. The second-order valence-electron chi connectivity index (χ2n) is 6.57. The van der Waals surface area contributed by atoms with Crippen LogP contribution in [0.3, 0.4) is 0 Å². The molecule has 2 N–H and O–H groups in total. The van der Waals surface area contributed by atoms with Crippen molar-refractivity contribution in [3.8, 4) is 0 Å². The zero-order chi connectivity index (χ0) is 18.0. The topological polar surface area (TPSA) is 65.7 Å². The van der Waals surface area contributed by atoms with Crippen molar-refractivity contribution in [2.24, 2.45) is 0 Å². The number of hydrogen-bond acceptors (Lipinski definition) is 4. The number of carbonyl (C=O) groups excluding carboxylic acids is 1. The number of aliphatic hydroxyl groups is 1. The second kappa shape index (κ2) is 7.27. The van der Waals surface area contributed by atoms with Crippen molar-refractivity contribution in [1.29, 1.82) is 0 Å². The molecule has 1 aromatic heterocycles. The maximum atomic E-state index is 13.3. The van der Waals surface area contributed by atoms with E-state index >= 15 is 0 Å². The van der Waals surface area contributed by atoms with Crippen LogP contribution >= 0.6 is 0 Å². The standard InChI is InChI=1S/C19H23FN2O3/c1-12-8-14(20)5-6-17(12)22-7-3-4-15(10-22)21-19(24)18-13(2)9-16(11-23)25-18/h5-6,8-9,15,23H,3-4,7,10-11H2,1-2H3,(H,21,24)/t15-/m0/s1. The predicted molar refractivity (Wildman–Crippen MR) is 93.2 cm³/mol. The minimum atomic E-state index is -0.264. The van der Waals surface area contributed by atoms with Crippen LogP contribution in [0.4, 0.5) is 10.1 Å². The zero-order valence-electron chi connectivity index (χ0n) is 14.5. The average Bonchev–Trinajstić information content (AvgIpc) is 2.96. The van der Waals surface area contributed by atoms with Crippen LogP contribution in [0, 0.1) is 19.7 Å². The molecule has 0 unspecified atom stereocenters. The minimum absolute atomic E-state index is 0.00669. The molecule has 1 aromatic carbocycles. The number of nitrogens with zero attached hydrogens (tertiary/aromatic N) is 1. The van der Waals surface area contributed by atoms with Gasteiger partial charge in [-0.05, 0) is 56.5 Å². The molecular formula is C19H23FN2O3. The fourth-order valence-corrected chi connectivity index (χ4v) is 3.39. The molecule has 5 nitrogen and oxygen atoms in total. The lowest BCUT2D eigenvalue weighted by molar-refractivity contribution is 0.0899.